The Morgan fingerprint density at radius 2 is 2.08 bits per heavy atom. The van der Waals surface area contributed by atoms with E-state index in [0.717, 1.165) is 5.56 Å². The van der Waals surface area contributed by atoms with Gasteiger partial charge >= 0.3 is 0 Å². The first-order valence-corrected chi connectivity index (χ1v) is 8.16. The van der Waals surface area contributed by atoms with Crippen LogP contribution in [0.3, 0.4) is 0 Å². The third-order valence-electron chi connectivity index (χ3n) is 3.58. The number of ether oxygens (including phenoxy) is 2. The molecule has 0 saturated carbocycles. The minimum Gasteiger partial charge on any atom is -0.493 e. The van der Waals surface area contributed by atoms with E-state index in [1.165, 1.54) is 17.3 Å². The molecule has 1 heterocycles. The van der Waals surface area contributed by atoms with Crippen molar-refractivity contribution in [2.75, 3.05) is 19.0 Å². The number of benzene rings is 2. The second-order valence-electron chi connectivity index (χ2n) is 5.49. The van der Waals surface area contributed by atoms with Crippen molar-refractivity contribution in [2.45, 2.75) is 6.92 Å². The van der Waals surface area contributed by atoms with E-state index in [0.29, 0.717) is 27.9 Å². The molecule has 0 atom stereocenters. The van der Waals surface area contributed by atoms with Gasteiger partial charge in [0.1, 0.15) is 12.7 Å². The third-order valence-corrected chi connectivity index (χ3v) is 3.81. The van der Waals surface area contributed by atoms with E-state index < -0.39 is 0 Å². The average Bonchev–Trinajstić information content (AvgIpc) is 3.15. The third kappa shape index (κ3) is 4.12. The van der Waals surface area contributed by atoms with Crippen LogP contribution in [0, 0.1) is 6.92 Å². The Hall–Kier alpha value is -3.06. The smallest absolute Gasteiger partial charge is 0.262 e. The first-order chi connectivity index (χ1) is 12.6. The fraction of sp³-hybridized carbons (Fsp3) is 0.167. The number of aromatic nitrogens is 3. The summed E-state index contributed by atoms with van der Waals surface area (Å²) < 4.78 is 12.4. The Bertz CT molecular complexity index is 913. The number of nitrogens with one attached hydrogen (secondary N) is 1. The molecule has 1 aromatic heterocycles. The molecule has 0 aliphatic heterocycles. The van der Waals surface area contributed by atoms with Gasteiger partial charge in [-0.25, -0.2) is 9.67 Å². The molecule has 0 spiro atoms. The summed E-state index contributed by atoms with van der Waals surface area (Å²) in [6.45, 7) is 1.77. The average molecular weight is 373 g/mol. The van der Waals surface area contributed by atoms with Crippen LogP contribution >= 0.6 is 11.6 Å². The Balaban J connectivity index is 1.72. The predicted octanol–water partition coefficient (Wildman–Crippen LogP) is 3.26. The Morgan fingerprint density at radius 1 is 1.23 bits per heavy atom. The molecular formula is C18H17ClN4O3. The molecule has 0 bridgehead atoms. The lowest BCUT2D eigenvalue weighted by molar-refractivity contribution is -0.118. The van der Waals surface area contributed by atoms with Crippen LogP contribution < -0.4 is 14.8 Å². The topological polar surface area (TPSA) is 78.3 Å². The molecule has 0 saturated heterocycles. The number of hydrogen-bond acceptors (Lipinski definition) is 5. The van der Waals surface area contributed by atoms with Gasteiger partial charge in [-0.1, -0.05) is 17.7 Å². The number of amides is 1. The molecule has 7 nitrogen and oxygen atoms in total. The quantitative estimate of drug-likeness (QED) is 0.718. The van der Waals surface area contributed by atoms with Crippen molar-refractivity contribution in [3.63, 3.8) is 0 Å². The zero-order valence-corrected chi connectivity index (χ0v) is 15.0. The fourth-order valence-corrected chi connectivity index (χ4v) is 2.54. The summed E-state index contributed by atoms with van der Waals surface area (Å²) >= 11 is 6.04. The Labute approximate surface area is 155 Å². The molecule has 1 amide bonds. The van der Waals surface area contributed by atoms with E-state index in [2.05, 4.69) is 15.4 Å². The lowest BCUT2D eigenvalue weighted by Gasteiger charge is -2.13. The van der Waals surface area contributed by atoms with Gasteiger partial charge in [0.2, 0.25) is 0 Å². The van der Waals surface area contributed by atoms with Crippen molar-refractivity contribution >= 4 is 23.2 Å². The standard InChI is InChI=1S/C18H17ClN4O3/c1-12-3-6-16(17(7-12)25-2)26-9-18(24)22-14-8-13(19)4-5-15(14)23-11-20-10-21-23/h3-8,10-11H,9H2,1-2H3,(H,22,24). The second kappa shape index (κ2) is 7.88. The van der Waals surface area contributed by atoms with Crippen molar-refractivity contribution < 1.29 is 14.3 Å². The molecule has 2 aromatic carbocycles. The molecule has 0 fully saturated rings. The van der Waals surface area contributed by atoms with Crippen molar-refractivity contribution in [1.82, 2.24) is 14.8 Å². The van der Waals surface area contributed by atoms with Gasteiger partial charge in [-0.15, -0.1) is 0 Å². The van der Waals surface area contributed by atoms with E-state index in [1.807, 2.05) is 19.1 Å². The highest BCUT2D eigenvalue weighted by Crippen LogP contribution is 2.28. The van der Waals surface area contributed by atoms with Crippen LogP contribution in [0.25, 0.3) is 5.69 Å². The summed E-state index contributed by atoms with van der Waals surface area (Å²) in [7, 11) is 1.55. The lowest BCUT2D eigenvalue weighted by atomic mass is 10.2. The molecule has 1 N–H and O–H groups in total. The summed E-state index contributed by atoms with van der Waals surface area (Å²) in [6, 6.07) is 10.6. The summed E-state index contributed by atoms with van der Waals surface area (Å²) in [5.74, 6) is 0.732. The molecule has 0 aliphatic carbocycles. The SMILES string of the molecule is COc1cc(C)ccc1OCC(=O)Nc1cc(Cl)ccc1-n1cncn1. The predicted molar refractivity (Wildman–Crippen MR) is 98.2 cm³/mol. The van der Waals surface area contributed by atoms with Crippen molar-refractivity contribution in [3.05, 3.63) is 59.6 Å². The van der Waals surface area contributed by atoms with Gasteiger partial charge in [-0.05, 0) is 42.8 Å². The van der Waals surface area contributed by atoms with Crippen LogP contribution in [0.1, 0.15) is 5.56 Å². The normalized spacial score (nSPS) is 10.4. The lowest BCUT2D eigenvalue weighted by Crippen LogP contribution is -2.21. The number of rotatable bonds is 6. The maximum atomic E-state index is 12.3. The zero-order chi connectivity index (χ0) is 18.5. The minimum atomic E-state index is -0.337. The molecule has 26 heavy (non-hydrogen) atoms. The second-order valence-corrected chi connectivity index (χ2v) is 5.93. The molecule has 8 heteroatoms. The fourth-order valence-electron chi connectivity index (χ4n) is 2.36. The van der Waals surface area contributed by atoms with Crippen LogP contribution in [0.15, 0.2) is 49.1 Å². The molecule has 0 aliphatic rings. The highest BCUT2D eigenvalue weighted by Gasteiger charge is 2.12. The van der Waals surface area contributed by atoms with Gasteiger partial charge < -0.3 is 14.8 Å². The molecule has 134 valence electrons. The summed E-state index contributed by atoms with van der Waals surface area (Å²) in [4.78, 5) is 16.2. The first kappa shape index (κ1) is 17.8. The first-order valence-electron chi connectivity index (χ1n) is 7.78. The van der Waals surface area contributed by atoms with E-state index in [9.17, 15) is 4.79 Å². The number of aryl methyl sites for hydroxylation is 1. The number of nitrogens with zero attached hydrogens (tertiary/aromatic N) is 3. The van der Waals surface area contributed by atoms with Crippen molar-refractivity contribution in [1.29, 1.82) is 0 Å². The minimum absolute atomic E-state index is 0.178. The number of hydrogen-bond donors (Lipinski definition) is 1. The number of anilines is 1. The van der Waals surface area contributed by atoms with E-state index >= 15 is 0 Å². The molecule has 0 radical (unpaired) electrons. The number of carbonyl (C=O) groups excluding carboxylic acids is 1. The number of methoxy groups -OCH3 is 1. The molecular weight excluding hydrogens is 356 g/mol. The van der Waals surface area contributed by atoms with Crippen LogP contribution in [0.2, 0.25) is 5.02 Å². The van der Waals surface area contributed by atoms with Crippen LogP contribution in [0.4, 0.5) is 5.69 Å². The maximum absolute atomic E-state index is 12.3. The highest BCUT2D eigenvalue weighted by atomic mass is 35.5. The zero-order valence-electron chi connectivity index (χ0n) is 14.3. The number of carbonyl (C=O) groups is 1. The van der Waals surface area contributed by atoms with Crippen molar-refractivity contribution in [3.8, 4) is 17.2 Å². The van der Waals surface area contributed by atoms with Crippen molar-refractivity contribution in [2.24, 2.45) is 0 Å². The van der Waals surface area contributed by atoms with Gasteiger partial charge in [-0.2, -0.15) is 5.10 Å². The Morgan fingerprint density at radius 3 is 2.81 bits per heavy atom. The maximum Gasteiger partial charge on any atom is 0.262 e. The molecule has 3 aromatic rings. The summed E-state index contributed by atoms with van der Waals surface area (Å²) in [6.07, 6.45) is 2.94. The Kier molecular flexibility index (Phi) is 5.38. The molecule has 3 rings (SSSR count). The monoisotopic (exact) mass is 372 g/mol. The molecule has 0 unspecified atom stereocenters. The summed E-state index contributed by atoms with van der Waals surface area (Å²) in [5, 5.41) is 7.34. The van der Waals surface area contributed by atoms with Gasteiger partial charge in [0.25, 0.3) is 5.91 Å². The van der Waals surface area contributed by atoms with Crippen LogP contribution in [0.5, 0.6) is 11.5 Å². The van der Waals surface area contributed by atoms with Gasteiger partial charge in [0.15, 0.2) is 18.1 Å². The van der Waals surface area contributed by atoms with E-state index in [-0.39, 0.29) is 12.5 Å². The number of halogens is 1. The largest absolute Gasteiger partial charge is 0.493 e. The van der Waals surface area contributed by atoms with Crippen LogP contribution in [-0.4, -0.2) is 34.4 Å². The van der Waals surface area contributed by atoms with Gasteiger partial charge in [-0.3, -0.25) is 4.79 Å². The highest BCUT2D eigenvalue weighted by molar-refractivity contribution is 6.31. The van der Waals surface area contributed by atoms with E-state index in [1.54, 1.807) is 31.4 Å². The van der Waals surface area contributed by atoms with Gasteiger partial charge in [0.05, 0.1) is 18.5 Å². The summed E-state index contributed by atoms with van der Waals surface area (Å²) in [5.41, 5.74) is 2.19. The van der Waals surface area contributed by atoms with Crippen LogP contribution in [-0.2, 0) is 4.79 Å². The van der Waals surface area contributed by atoms with Gasteiger partial charge in [0, 0.05) is 5.02 Å². The van der Waals surface area contributed by atoms with E-state index in [4.69, 9.17) is 21.1 Å².